The highest BCUT2D eigenvalue weighted by Gasteiger charge is 2.28. The average molecular weight is 518 g/mol. The summed E-state index contributed by atoms with van der Waals surface area (Å²) in [6.45, 7) is 6.25. The van der Waals surface area contributed by atoms with Crippen molar-refractivity contribution in [3.8, 4) is 0 Å². The molecular formula is C21H29F2N5O4S2. The summed E-state index contributed by atoms with van der Waals surface area (Å²) in [4.78, 5) is 25.1. The lowest BCUT2D eigenvalue weighted by Gasteiger charge is -2.18. The van der Waals surface area contributed by atoms with Crippen LogP contribution in [0.3, 0.4) is 0 Å². The molecule has 0 aliphatic heterocycles. The van der Waals surface area contributed by atoms with Gasteiger partial charge in [0.25, 0.3) is 10.0 Å². The lowest BCUT2D eigenvalue weighted by atomic mass is 10.1. The molecule has 0 aliphatic rings. The minimum atomic E-state index is -3.84. The van der Waals surface area contributed by atoms with E-state index in [0.29, 0.717) is 44.8 Å². The molecule has 2 N–H and O–H groups in total. The fraction of sp³-hybridized carbons (Fsp3) is 0.524. The number of sulfonamides is 1. The third-order valence-corrected chi connectivity index (χ3v) is 7.74. The molecule has 0 saturated heterocycles. The SMILES string of the molecule is CCCC(NC(=O)Cc1cc(F)cc(F)c1)C(=O)Nc1nnc(S(=O)(=O)N(CCC)CCC)s1. The van der Waals surface area contributed by atoms with Crippen LogP contribution in [0.1, 0.15) is 52.0 Å². The van der Waals surface area contributed by atoms with Gasteiger partial charge in [0.15, 0.2) is 0 Å². The Kier molecular flexibility index (Phi) is 10.5. The van der Waals surface area contributed by atoms with Gasteiger partial charge in [-0.3, -0.25) is 14.9 Å². The first kappa shape index (κ1) is 27.7. The summed E-state index contributed by atoms with van der Waals surface area (Å²) < 4.78 is 53.5. The number of hydrogen-bond acceptors (Lipinski definition) is 7. The molecule has 1 aromatic carbocycles. The maximum Gasteiger partial charge on any atom is 0.272 e. The van der Waals surface area contributed by atoms with Crippen molar-refractivity contribution in [1.29, 1.82) is 0 Å². The highest BCUT2D eigenvalue weighted by atomic mass is 32.2. The van der Waals surface area contributed by atoms with Gasteiger partial charge in [0.1, 0.15) is 17.7 Å². The van der Waals surface area contributed by atoms with Gasteiger partial charge in [0, 0.05) is 19.2 Å². The molecule has 13 heteroatoms. The number of anilines is 1. The van der Waals surface area contributed by atoms with Gasteiger partial charge in [0.2, 0.25) is 21.3 Å². The number of halogens is 2. The summed E-state index contributed by atoms with van der Waals surface area (Å²) >= 11 is 0.729. The zero-order chi connectivity index (χ0) is 25.3. The summed E-state index contributed by atoms with van der Waals surface area (Å²) in [6.07, 6.45) is 1.82. The lowest BCUT2D eigenvalue weighted by Crippen LogP contribution is -2.44. The zero-order valence-corrected chi connectivity index (χ0v) is 20.9. The van der Waals surface area contributed by atoms with E-state index in [0.717, 1.165) is 23.5 Å². The van der Waals surface area contributed by atoms with Crippen LogP contribution in [-0.4, -0.2) is 53.9 Å². The van der Waals surface area contributed by atoms with Gasteiger partial charge in [-0.25, -0.2) is 17.2 Å². The number of aromatic nitrogens is 2. The van der Waals surface area contributed by atoms with E-state index in [1.165, 1.54) is 4.31 Å². The Labute approximate surface area is 202 Å². The molecule has 1 unspecified atom stereocenters. The molecule has 0 saturated carbocycles. The van der Waals surface area contributed by atoms with Crippen LogP contribution >= 0.6 is 11.3 Å². The molecule has 1 atom stereocenters. The maximum absolute atomic E-state index is 13.4. The second-order valence-electron chi connectivity index (χ2n) is 7.63. The molecule has 1 aromatic heterocycles. The van der Waals surface area contributed by atoms with E-state index < -0.39 is 39.5 Å². The number of amides is 2. The Hall–Kier alpha value is -2.51. The smallest absolute Gasteiger partial charge is 0.272 e. The molecule has 0 aliphatic carbocycles. The third kappa shape index (κ3) is 7.77. The van der Waals surface area contributed by atoms with E-state index in [2.05, 4.69) is 20.8 Å². The van der Waals surface area contributed by atoms with Crippen molar-refractivity contribution in [3.63, 3.8) is 0 Å². The number of nitrogens with zero attached hydrogens (tertiary/aromatic N) is 3. The van der Waals surface area contributed by atoms with Gasteiger partial charge >= 0.3 is 0 Å². The van der Waals surface area contributed by atoms with Gasteiger partial charge in [-0.05, 0) is 37.0 Å². The number of benzene rings is 1. The third-order valence-electron chi connectivity index (χ3n) is 4.66. The van der Waals surface area contributed by atoms with Gasteiger partial charge in [-0.1, -0.05) is 38.5 Å². The fourth-order valence-corrected chi connectivity index (χ4v) is 5.89. The lowest BCUT2D eigenvalue weighted by molar-refractivity contribution is -0.126. The second kappa shape index (κ2) is 12.8. The Bertz CT molecular complexity index is 1070. The topological polar surface area (TPSA) is 121 Å². The van der Waals surface area contributed by atoms with Crippen LogP contribution < -0.4 is 10.6 Å². The van der Waals surface area contributed by atoms with Crippen LogP contribution in [0.5, 0.6) is 0 Å². The van der Waals surface area contributed by atoms with Crippen molar-refractivity contribution in [2.75, 3.05) is 18.4 Å². The van der Waals surface area contributed by atoms with Crippen LogP contribution in [0.4, 0.5) is 13.9 Å². The number of rotatable bonds is 13. The van der Waals surface area contributed by atoms with Gasteiger partial charge < -0.3 is 5.32 Å². The van der Waals surface area contributed by atoms with Crippen molar-refractivity contribution in [2.24, 2.45) is 0 Å². The number of carbonyl (C=O) groups excluding carboxylic acids is 2. The van der Waals surface area contributed by atoms with E-state index >= 15 is 0 Å². The molecule has 2 amide bonds. The van der Waals surface area contributed by atoms with E-state index in [1.54, 1.807) is 0 Å². The largest absolute Gasteiger partial charge is 0.344 e. The van der Waals surface area contributed by atoms with Gasteiger partial charge in [-0.2, -0.15) is 4.31 Å². The number of nitrogens with one attached hydrogen (secondary N) is 2. The van der Waals surface area contributed by atoms with Crippen LogP contribution in [0.15, 0.2) is 22.5 Å². The number of carbonyl (C=O) groups is 2. The first-order valence-electron chi connectivity index (χ1n) is 11.0. The molecule has 0 fully saturated rings. The molecule has 0 radical (unpaired) electrons. The van der Waals surface area contributed by atoms with E-state index in [-0.39, 0.29) is 21.5 Å². The van der Waals surface area contributed by atoms with E-state index in [4.69, 9.17) is 0 Å². The second-order valence-corrected chi connectivity index (χ2v) is 10.7. The van der Waals surface area contributed by atoms with E-state index in [1.807, 2.05) is 20.8 Å². The minimum absolute atomic E-state index is 0.0147. The highest BCUT2D eigenvalue weighted by molar-refractivity contribution is 7.91. The first-order valence-corrected chi connectivity index (χ1v) is 13.2. The van der Waals surface area contributed by atoms with Gasteiger partial charge in [0.05, 0.1) is 6.42 Å². The van der Waals surface area contributed by atoms with Crippen LogP contribution in [0.25, 0.3) is 0 Å². The predicted octanol–water partition coefficient (Wildman–Crippen LogP) is 3.09. The summed E-state index contributed by atoms with van der Waals surface area (Å²) in [5.41, 5.74) is 0.133. The first-order chi connectivity index (χ1) is 16.1. The summed E-state index contributed by atoms with van der Waals surface area (Å²) in [5, 5.41) is 12.5. The Morgan fingerprint density at radius 2 is 1.65 bits per heavy atom. The Morgan fingerprint density at radius 1 is 1.03 bits per heavy atom. The van der Waals surface area contributed by atoms with Crippen LogP contribution in [0.2, 0.25) is 0 Å². The minimum Gasteiger partial charge on any atom is -0.344 e. The normalized spacial score (nSPS) is 12.5. The molecule has 2 rings (SSSR count). The average Bonchev–Trinajstić information content (AvgIpc) is 3.21. The quantitative estimate of drug-likeness (QED) is 0.394. The fourth-order valence-electron chi connectivity index (χ4n) is 3.22. The summed E-state index contributed by atoms with van der Waals surface area (Å²) in [7, 11) is -3.84. The molecule has 9 nitrogen and oxygen atoms in total. The molecule has 34 heavy (non-hydrogen) atoms. The zero-order valence-electron chi connectivity index (χ0n) is 19.3. The summed E-state index contributed by atoms with van der Waals surface area (Å²) in [5.74, 6) is -2.79. The number of hydrogen-bond donors (Lipinski definition) is 2. The molecule has 188 valence electrons. The van der Waals surface area contributed by atoms with Crippen molar-refractivity contribution in [3.05, 3.63) is 35.4 Å². The molecular weight excluding hydrogens is 488 g/mol. The van der Waals surface area contributed by atoms with Crippen molar-refractivity contribution < 1.29 is 26.8 Å². The van der Waals surface area contributed by atoms with E-state index in [9.17, 15) is 26.8 Å². The Morgan fingerprint density at radius 3 is 2.21 bits per heavy atom. The maximum atomic E-state index is 13.4. The van der Waals surface area contributed by atoms with Crippen LogP contribution in [0, 0.1) is 11.6 Å². The highest BCUT2D eigenvalue weighted by Crippen LogP contribution is 2.24. The van der Waals surface area contributed by atoms with Crippen molar-refractivity contribution in [2.45, 2.75) is 63.3 Å². The standard InChI is InChI=1S/C21H29F2N5O4S2/c1-4-7-17(24-18(29)12-14-10-15(22)13-16(23)11-14)19(30)25-20-26-27-21(33-20)34(31,32)28(8-5-2)9-6-3/h10-11,13,17H,4-9,12H2,1-3H3,(H,24,29)(H,25,26,30). The Balaban J connectivity index is 2.08. The summed E-state index contributed by atoms with van der Waals surface area (Å²) in [6, 6.07) is 1.84. The van der Waals surface area contributed by atoms with Crippen molar-refractivity contribution in [1.82, 2.24) is 19.8 Å². The molecule has 0 bridgehead atoms. The molecule has 1 heterocycles. The molecule has 0 spiro atoms. The van der Waals surface area contributed by atoms with Crippen molar-refractivity contribution >= 4 is 38.3 Å². The monoisotopic (exact) mass is 517 g/mol. The van der Waals surface area contributed by atoms with Gasteiger partial charge in [-0.15, -0.1) is 10.2 Å². The molecule has 2 aromatic rings. The predicted molar refractivity (Wildman–Crippen MR) is 125 cm³/mol. The van der Waals surface area contributed by atoms with Crippen LogP contribution in [-0.2, 0) is 26.0 Å².